The molecule has 0 saturated carbocycles. The van der Waals surface area contributed by atoms with Gasteiger partial charge in [0.15, 0.2) is 0 Å². The molecule has 0 radical (unpaired) electrons. The van der Waals surface area contributed by atoms with Crippen molar-refractivity contribution in [3.05, 3.63) is 58.7 Å². The average Bonchev–Trinajstić information content (AvgIpc) is 2.54. The minimum Gasteiger partial charge on any atom is -0.478 e. The zero-order valence-corrected chi connectivity index (χ0v) is 13.7. The molecular formula is C19H22N2O2. The predicted octanol–water partition coefficient (Wildman–Crippen LogP) is 2.84. The molecular weight excluding hydrogens is 288 g/mol. The summed E-state index contributed by atoms with van der Waals surface area (Å²) < 4.78 is 11.5. The van der Waals surface area contributed by atoms with E-state index in [0.717, 1.165) is 31.0 Å². The first kappa shape index (κ1) is 14.5. The van der Waals surface area contributed by atoms with Gasteiger partial charge in [-0.1, -0.05) is 24.3 Å². The van der Waals surface area contributed by atoms with E-state index in [0.29, 0.717) is 13.5 Å². The lowest BCUT2D eigenvalue weighted by atomic mass is 9.99. The Balaban J connectivity index is 1.56. The molecule has 0 amide bonds. The Kier molecular flexibility index (Phi) is 3.71. The molecule has 0 bridgehead atoms. The second-order valence-corrected chi connectivity index (χ2v) is 6.64. The highest BCUT2D eigenvalue weighted by Crippen LogP contribution is 2.28. The molecule has 0 spiro atoms. The Hall–Kier alpha value is -2.04. The van der Waals surface area contributed by atoms with Crippen molar-refractivity contribution in [2.75, 3.05) is 27.6 Å². The summed E-state index contributed by atoms with van der Waals surface area (Å²) in [5.74, 6) is 2.04. The molecule has 4 rings (SSSR count). The lowest BCUT2D eigenvalue weighted by molar-refractivity contribution is 0.121. The molecule has 2 aromatic rings. The van der Waals surface area contributed by atoms with Crippen LogP contribution < -0.4 is 9.47 Å². The second kappa shape index (κ2) is 5.87. The molecule has 0 N–H and O–H groups in total. The summed E-state index contributed by atoms with van der Waals surface area (Å²) in [5.41, 5.74) is 5.20. The van der Waals surface area contributed by atoms with Gasteiger partial charge >= 0.3 is 0 Å². The predicted molar refractivity (Wildman–Crippen MR) is 89.6 cm³/mol. The van der Waals surface area contributed by atoms with Crippen molar-refractivity contribution in [2.24, 2.45) is 0 Å². The standard InChI is InChI=1S/C19H22N2O2/c1-20-10-16-8-14(3-5-18(16)22-12-20)7-15-4-6-19-17(9-15)11-21(2)13-23-19/h3-6,8-9H,7,10-13H2,1-2H3. The van der Waals surface area contributed by atoms with Gasteiger partial charge in [0, 0.05) is 24.2 Å². The number of fused-ring (bicyclic) bond motifs is 2. The number of hydrogen-bond donors (Lipinski definition) is 0. The van der Waals surface area contributed by atoms with Gasteiger partial charge in [-0.05, 0) is 43.8 Å². The van der Waals surface area contributed by atoms with Gasteiger partial charge in [-0.15, -0.1) is 0 Å². The Bertz CT molecular complexity index is 668. The monoisotopic (exact) mass is 310 g/mol. The lowest BCUT2D eigenvalue weighted by Crippen LogP contribution is -2.28. The highest BCUT2D eigenvalue weighted by molar-refractivity contribution is 5.43. The molecule has 0 aliphatic carbocycles. The molecule has 0 saturated heterocycles. The normalized spacial score (nSPS) is 17.8. The molecule has 4 heteroatoms. The Labute approximate surface area is 137 Å². The van der Waals surface area contributed by atoms with Crippen molar-refractivity contribution in [1.29, 1.82) is 0 Å². The van der Waals surface area contributed by atoms with Crippen molar-refractivity contribution in [3.8, 4) is 11.5 Å². The molecule has 2 aliphatic heterocycles. The maximum Gasteiger partial charge on any atom is 0.142 e. The van der Waals surface area contributed by atoms with Crippen LogP contribution in [0, 0.1) is 0 Å². The number of rotatable bonds is 2. The SMILES string of the molecule is CN1COc2ccc(Cc3ccc4c(c3)CN(C)CO4)cc2C1. The number of nitrogens with zero attached hydrogens (tertiary/aromatic N) is 2. The highest BCUT2D eigenvalue weighted by Gasteiger charge is 2.16. The third-order valence-corrected chi connectivity index (χ3v) is 4.42. The first-order chi connectivity index (χ1) is 11.2. The van der Waals surface area contributed by atoms with Crippen LogP contribution in [0.25, 0.3) is 0 Å². The number of benzene rings is 2. The van der Waals surface area contributed by atoms with Crippen molar-refractivity contribution in [3.63, 3.8) is 0 Å². The van der Waals surface area contributed by atoms with Crippen LogP contribution in [0.4, 0.5) is 0 Å². The molecule has 0 unspecified atom stereocenters. The largest absolute Gasteiger partial charge is 0.478 e. The quantitative estimate of drug-likeness (QED) is 0.851. The fourth-order valence-electron chi connectivity index (χ4n) is 3.28. The maximum atomic E-state index is 5.73. The van der Waals surface area contributed by atoms with E-state index in [1.54, 1.807) is 0 Å². The van der Waals surface area contributed by atoms with Gasteiger partial charge in [-0.3, -0.25) is 9.80 Å². The van der Waals surface area contributed by atoms with Crippen LogP contribution in [0.5, 0.6) is 11.5 Å². The van der Waals surface area contributed by atoms with Crippen molar-refractivity contribution in [1.82, 2.24) is 9.80 Å². The molecule has 0 fully saturated rings. The summed E-state index contributed by atoms with van der Waals surface area (Å²) in [6.45, 7) is 3.24. The zero-order chi connectivity index (χ0) is 15.8. The van der Waals surface area contributed by atoms with E-state index in [1.165, 1.54) is 22.3 Å². The van der Waals surface area contributed by atoms with Crippen LogP contribution in [-0.4, -0.2) is 37.4 Å². The van der Waals surface area contributed by atoms with Gasteiger partial charge in [0.25, 0.3) is 0 Å². The van der Waals surface area contributed by atoms with Gasteiger partial charge in [0.1, 0.15) is 25.0 Å². The van der Waals surface area contributed by atoms with E-state index in [4.69, 9.17) is 9.47 Å². The highest BCUT2D eigenvalue weighted by atomic mass is 16.5. The van der Waals surface area contributed by atoms with Crippen LogP contribution >= 0.6 is 0 Å². The molecule has 4 nitrogen and oxygen atoms in total. The minimum absolute atomic E-state index is 0.671. The summed E-state index contributed by atoms with van der Waals surface area (Å²) in [5, 5.41) is 0. The molecule has 23 heavy (non-hydrogen) atoms. The molecule has 0 atom stereocenters. The zero-order valence-electron chi connectivity index (χ0n) is 13.7. The van der Waals surface area contributed by atoms with Crippen LogP contribution in [-0.2, 0) is 19.5 Å². The number of ether oxygens (including phenoxy) is 2. The van der Waals surface area contributed by atoms with Crippen LogP contribution in [0.15, 0.2) is 36.4 Å². The van der Waals surface area contributed by atoms with E-state index in [2.05, 4.69) is 60.3 Å². The molecule has 2 aromatic carbocycles. The maximum absolute atomic E-state index is 5.73. The summed E-state index contributed by atoms with van der Waals surface area (Å²) >= 11 is 0. The van der Waals surface area contributed by atoms with Gasteiger partial charge in [0.05, 0.1) is 0 Å². The topological polar surface area (TPSA) is 24.9 Å². The van der Waals surface area contributed by atoms with Crippen LogP contribution in [0.3, 0.4) is 0 Å². The van der Waals surface area contributed by atoms with Gasteiger partial charge in [-0.25, -0.2) is 0 Å². The Morgan fingerprint density at radius 1 is 0.783 bits per heavy atom. The average molecular weight is 310 g/mol. The van der Waals surface area contributed by atoms with Gasteiger partial charge < -0.3 is 9.47 Å². The van der Waals surface area contributed by atoms with Crippen molar-refractivity contribution >= 4 is 0 Å². The Morgan fingerprint density at radius 2 is 1.26 bits per heavy atom. The summed E-state index contributed by atoms with van der Waals surface area (Å²) in [4.78, 5) is 4.36. The first-order valence-electron chi connectivity index (χ1n) is 8.04. The van der Waals surface area contributed by atoms with E-state index in [-0.39, 0.29) is 0 Å². The molecule has 2 aliphatic rings. The summed E-state index contributed by atoms with van der Waals surface area (Å²) in [6, 6.07) is 13.1. The van der Waals surface area contributed by atoms with Crippen molar-refractivity contribution in [2.45, 2.75) is 19.5 Å². The molecule has 0 aromatic heterocycles. The van der Waals surface area contributed by atoms with Crippen molar-refractivity contribution < 1.29 is 9.47 Å². The smallest absolute Gasteiger partial charge is 0.142 e. The van der Waals surface area contributed by atoms with E-state index in [1.807, 2.05) is 0 Å². The van der Waals surface area contributed by atoms with Crippen LogP contribution in [0.1, 0.15) is 22.3 Å². The number of hydrogen-bond acceptors (Lipinski definition) is 4. The van der Waals surface area contributed by atoms with E-state index in [9.17, 15) is 0 Å². The fraction of sp³-hybridized carbons (Fsp3) is 0.368. The Morgan fingerprint density at radius 3 is 1.74 bits per heavy atom. The third-order valence-electron chi connectivity index (χ3n) is 4.42. The summed E-state index contributed by atoms with van der Waals surface area (Å²) in [7, 11) is 4.16. The minimum atomic E-state index is 0.671. The fourth-order valence-corrected chi connectivity index (χ4v) is 3.28. The van der Waals surface area contributed by atoms with Gasteiger partial charge in [-0.2, -0.15) is 0 Å². The molecule has 2 heterocycles. The van der Waals surface area contributed by atoms with Crippen LogP contribution in [0.2, 0.25) is 0 Å². The summed E-state index contributed by atoms with van der Waals surface area (Å²) in [6.07, 6.45) is 0.938. The van der Waals surface area contributed by atoms with E-state index >= 15 is 0 Å². The molecule has 120 valence electrons. The lowest BCUT2D eigenvalue weighted by Gasteiger charge is -2.26. The van der Waals surface area contributed by atoms with Gasteiger partial charge in [0.2, 0.25) is 0 Å². The third kappa shape index (κ3) is 3.05. The first-order valence-corrected chi connectivity index (χ1v) is 8.04. The second-order valence-electron chi connectivity index (χ2n) is 6.64. The van der Waals surface area contributed by atoms with E-state index < -0.39 is 0 Å².